The van der Waals surface area contributed by atoms with Crippen LogP contribution >= 0.6 is 0 Å². The highest BCUT2D eigenvalue weighted by Gasteiger charge is 2.23. The fourth-order valence-corrected chi connectivity index (χ4v) is 3.84. The Balaban J connectivity index is 1.98. The van der Waals surface area contributed by atoms with Crippen molar-refractivity contribution in [1.82, 2.24) is 19.7 Å². The number of sulfonamides is 1. The van der Waals surface area contributed by atoms with Crippen molar-refractivity contribution in [1.29, 1.82) is 0 Å². The van der Waals surface area contributed by atoms with E-state index >= 15 is 0 Å². The minimum absolute atomic E-state index is 0.0000289. The molecule has 1 amide bonds. The molecule has 0 bridgehead atoms. The van der Waals surface area contributed by atoms with Crippen molar-refractivity contribution < 1.29 is 26.4 Å². The number of rotatable bonds is 8. The second kappa shape index (κ2) is 9.81. The van der Waals surface area contributed by atoms with Gasteiger partial charge in [-0.05, 0) is 17.7 Å². The Kier molecular flexibility index (Phi) is 7.11. The van der Waals surface area contributed by atoms with E-state index in [2.05, 4.69) is 19.8 Å². The van der Waals surface area contributed by atoms with Gasteiger partial charge in [0.05, 0.1) is 30.2 Å². The Hall–Kier alpha value is -3.74. The third kappa shape index (κ3) is 5.94. The fourth-order valence-electron chi connectivity index (χ4n) is 2.73. The molecule has 9 nitrogen and oxygen atoms in total. The van der Waals surface area contributed by atoms with E-state index in [0.29, 0.717) is 4.68 Å². The van der Waals surface area contributed by atoms with Crippen molar-refractivity contribution >= 4 is 28.0 Å². The van der Waals surface area contributed by atoms with Crippen LogP contribution in [0.4, 0.5) is 18.9 Å². The van der Waals surface area contributed by atoms with Gasteiger partial charge >= 0.3 is 6.55 Å². The van der Waals surface area contributed by atoms with Gasteiger partial charge in [0.25, 0.3) is 10.0 Å². The molecule has 2 heterocycles. The summed E-state index contributed by atoms with van der Waals surface area (Å²) in [5.74, 6) is -1.17. The van der Waals surface area contributed by atoms with Crippen LogP contribution in [0.2, 0.25) is 0 Å². The first kappa shape index (κ1) is 23.9. The van der Waals surface area contributed by atoms with Crippen LogP contribution < -0.4 is 5.32 Å². The molecule has 0 saturated heterocycles. The molecule has 0 spiro atoms. The zero-order chi connectivity index (χ0) is 24.2. The maximum absolute atomic E-state index is 13.8. The van der Waals surface area contributed by atoms with Crippen LogP contribution in [0.3, 0.4) is 0 Å². The van der Waals surface area contributed by atoms with Crippen LogP contribution in [0.5, 0.6) is 0 Å². The molecule has 13 heteroatoms. The number of alkyl halides is 2. The van der Waals surface area contributed by atoms with Crippen LogP contribution in [-0.2, 0) is 21.2 Å². The van der Waals surface area contributed by atoms with Crippen LogP contribution in [-0.4, -0.2) is 54.4 Å². The number of carbonyl (C=O) groups excluding carboxylic acids is 1. The summed E-state index contributed by atoms with van der Waals surface area (Å²) in [5, 5.41) is 5.96. The van der Waals surface area contributed by atoms with E-state index < -0.39 is 33.2 Å². The fraction of sp³-hybridized carbons (Fsp3) is 0.200. The van der Waals surface area contributed by atoms with Gasteiger partial charge in [-0.3, -0.25) is 9.78 Å². The summed E-state index contributed by atoms with van der Waals surface area (Å²) in [6.07, 6.45) is 3.89. The quantitative estimate of drug-likeness (QED) is 0.392. The molecule has 174 valence electrons. The number of nitrogens with zero attached hydrogens (tertiary/aromatic N) is 5. The smallest absolute Gasteiger partial charge is 0.333 e. The highest BCUT2D eigenvalue weighted by Crippen LogP contribution is 2.29. The largest absolute Gasteiger partial charge is 0.368 e. The summed E-state index contributed by atoms with van der Waals surface area (Å²) in [7, 11) is -1.22. The maximum atomic E-state index is 13.8. The lowest BCUT2D eigenvalue weighted by Gasteiger charge is -2.11. The molecular formula is C20H19F3N6O3S. The lowest BCUT2D eigenvalue weighted by atomic mass is 10.1. The lowest BCUT2D eigenvalue weighted by molar-refractivity contribution is -0.115. The van der Waals surface area contributed by atoms with Crippen LogP contribution in [0.15, 0.2) is 58.2 Å². The van der Waals surface area contributed by atoms with Crippen molar-refractivity contribution in [2.45, 2.75) is 17.9 Å². The zero-order valence-corrected chi connectivity index (χ0v) is 18.3. The normalized spacial score (nSPS) is 11.8. The number of amides is 1. The van der Waals surface area contributed by atoms with Gasteiger partial charge in [-0.2, -0.15) is 22.3 Å². The summed E-state index contributed by atoms with van der Waals surface area (Å²) < 4.78 is 69.2. The summed E-state index contributed by atoms with van der Waals surface area (Å²) in [4.78, 5) is 17.4. The van der Waals surface area contributed by atoms with Gasteiger partial charge in [0.2, 0.25) is 5.91 Å². The van der Waals surface area contributed by atoms with Gasteiger partial charge in [-0.15, -0.1) is 4.40 Å². The molecule has 1 aromatic carbocycles. The van der Waals surface area contributed by atoms with Crippen molar-refractivity contribution in [3.63, 3.8) is 0 Å². The molecular weight excluding hydrogens is 461 g/mol. The second-order valence-corrected chi connectivity index (χ2v) is 8.63. The summed E-state index contributed by atoms with van der Waals surface area (Å²) in [6.45, 7) is -2.93. The Morgan fingerprint density at radius 3 is 2.64 bits per heavy atom. The number of hydrogen-bond donors (Lipinski definition) is 1. The SMILES string of the molecule is CN(C)C=NS(=O)(=O)c1cc(NC(=O)Cc2ccccc2F)cnc1-c1cnn(C(F)F)c1. The first-order valence-corrected chi connectivity index (χ1v) is 10.8. The lowest BCUT2D eigenvalue weighted by Crippen LogP contribution is -2.16. The first-order valence-electron chi connectivity index (χ1n) is 9.39. The highest BCUT2D eigenvalue weighted by molar-refractivity contribution is 7.90. The van der Waals surface area contributed by atoms with Gasteiger partial charge in [0.15, 0.2) is 0 Å². The maximum Gasteiger partial charge on any atom is 0.333 e. The standard InChI is InChI=1S/C20H19F3N6O3S/c1-28(2)12-26-33(31,32)17-8-15(27-18(30)7-13-5-3-4-6-16(13)21)10-24-19(17)14-9-25-29(11-14)20(22)23/h3-6,8-12,20H,7H2,1-2H3,(H,27,30). The first-order chi connectivity index (χ1) is 15.6. The Morgan fingerprint density at radius 2 is 2.00 bits per heavy atom. The predicted molar refractivity (Wildman–Crippen MR) is 115 cm³/mol. The molecule has 33 heavy (non-hydrogen) atoms. The third-order valence-electron chi connectivity index (χ3n) is 4.22. The number of pyridine rings is 1. The van der Waals surface area contributed by atoms with E-state index in [1.807, 2.05) is 0 Å². The summed E-state index contributed by atoms with van der Waals surface area (Å²) in [5.41, 5.74) is -0.00883. The molecule has 0 saturated carbocycles. The molecule has 1 N–H and O–H groups in total. The molecule has 0 aliphatic heterocycles. The van der Waals surface area contributed by atoms with Crippen LogP contribution in [0.1, 0.15) is 12.1 Å². The van der Waals surface area contributed by atoms with E-state index in [9.17, 15) is 26.4 Å². The van der Waals surface area contributed by atoms with Crippen molar-refractivity contribution in [2.75, 3.05) is 19.4 Å². The van der Waals surface area contributed by atoms with E-state index in [-0.39, 0.29) is 28.9 Å². The molecule has 0 atom stereocenters. The molecule has 0 radical (unpaired) electrons. The number of carbonyl (C=O) groups is 1. The van der Waals surface area contributed by atoms with E-state index in [0.717, 1.165) is 31.0 Å². The summed E-state index contributed by atoms with van der Waals surface area (Å²) in [6, 6.07) is 6.83. The van der Waals surface area contributed by atoms with Gasteiger partial charge in [0.1, 0.15) is 17.1 Å². The van der Waals surface area contributed by atoms with Crippen LogP contribution in [0.25, 0.3) is 11.3 Å². The molecule has 0 aliphatic carbocycles. The van der Waals surface area contributed by atoms with Crippen molar-refractivity contribution in [3.05, 3.63) is 60.3 Å². The number of halogens is 3. The molecule has 0 unspecified atom stereocenters. The van der Waals surface area contributed by atoms with Gasteiger partial charge in [-0.25, -0.2) is 9.07 Å². The zero-order valence-electron chi connectivity index (χ0n) is 17.5. The molecule has 3 rings (SSSR count). The number of nitrogens with one attached hydrogen (secondary N) is 1. The van der Waals surface area contributed by atoms with Crippen molar-refractivity contribution in [3.8, 4) is 11.3 Å². The average Bonchev–Trinajstić information content (AvgIpc) is 3.24. The predicted octanol–water partition coefficient (Wildman–Crippen LogP) is 2.94. The molecule has 0 fully saturated rings. The molecule has 2 aromatic heterocycles. The van der Waals surface area contributed by atoms with E-state index in [4.69, 9.17) is 0 Å². The number of anilines is 1. The van der Waals surface area contributed by atoms with Gasteiger partial charge in [-0.1, -0.05) is 18.2 Å². The molecule has 3 aromatic rings. The minimum Gasteiger partial charge on any atom is -0.368 e. The van der Waals surface area contributed by atoms with Crippen LogP contribution in [0, 0.1) is 5.82 Å². The Labute approximate surface area is 187 Å². The van der Waals surface area contributed by atoms with Crippen molar-refractivity contribution in [2.24, 2.45) is 4.40 Å². The Bertz CT molecular complexity index is 1290. The highest BCUT2D eigenvalue weighted by atomic mass is 32.2. The summed E-state index contributed by atoms with van der Waals surface area (Å²) >= 11 is 0. The topological polar surface area (TPSA) is 110 Å². The number of benzene rings is 1. The average molecular weight is 480 g/mol. The van der Waals surface area contributed by atoms with E-state index in [1.54, 1.807) is 20.2 Å². The van der Waals surface area contributed by atoms with E-state index in [1.165, 1.54) is 23.1 Å². The number of aromatic nitrogens is 3. The van der Waals surface area contributed by atoms with Gasteiger partial charge in [0, 0.05) is 25.9 Å². The second-order valence-electron chi connectivity index (χ2n) is 7.03. The van der Waals surface area contributed by atoms with Gasteiger partial charge < -0.3 is 10.2 Å². The molecule has 0 aliphatic rings. The third-order valence-corrected chi connectivity index (χ3v) is 5.45. The minimum atomic E-state index is -4.34. The Morgan fingerprint density at radius 1 is 1.27 bits per heavy atom. The number of hydrogen-bond acceptors (Lipinski definition) is 5. The monoisotopic (exact) mass is 480 g/mol.